The maximum Gasteiger partial charge on any atom is 0.151 e. The Morgan fingerprint density at radius 2 is 2.04 bits per heavy atom. The summed E-state index contributed by atoms with van der Waals surface area (Å²) in [4.78, 5) is 17.0. The summed E-state index contributed by atoms with van der Waals surface area (Å²) in [5.74, 6) is 0.579. The van der Waals surface area contributed by atoms with Gasteiger partial charge in [-0.05, 0) is 18.2 Å². The number of halogens is 2. The van der Waals surface area contributed by atoms with Crippen molar-refractivity contribution in [1.29, 1.82) is 0 Å². The Balaban J connectivity index is 1.76. The molecule has 2 N–H and O–H groups in total. The minimum atomic E-state index is -0.426. The number of hydrogen-bond donors (Lipinski definition) is 2. The van der Waals surface area contributed by atoms with Gasteiger partial charge in [-0.25, -0.2) is 19.3 Å². The highest BCUT2D eigenvalue weighted by Crippen LogP contribution is 2.38. The van der Waals surface area contributed by atoms with Gasteiger partial charge >= 0.3 is 0 Å². The van der Waals surface area contributed by atoms with Crippen molar-refractivity contribution in [3.8, 4) is 10.6 Å². The average Bonchev–Trinajstić information content (AvgIpc) is 3.07. The Labute approximate surface area is 156 Å². The Morgan fingerprint density at radius 3 is 2.77 bits per heavy atom. The number of nitrogens with one attached hydrogen (secondary N) is 1. The van der Waals surface area contributed by atoms with Crippen LogP contribution in [0.5, 0.6) is 0 Å². The van der Waals surface area contributed by atoms with Crippen molar-refractivity contribution in [1.82, 2.24) is 19.9 Å². The van der Waals surface area contributed by atoms with Crippen molar-refractivity contribution in [3.63, 3.8) is 0 Å². The van der Waals surface area contributed by atoms with E-state index < -0.39 is 5.82 Å². The summed E-state index contributed by atoms with van der Waals surface area (Å²) in [7, 11) is 0. The standard InChI is InChI=1S/C17H11ClFN5OS/c18-10-2-1-3-11(19)14(10)17-23-12-4-5-20-16(15(12)26-17)24-13-7-21-9(8-25)6-22-13/h1-7,25H,8H2,(H,20,22,24). The molecule has 0 aliphatic heterocycles. The molecule has 0 saturated carbocycles. The Kier molecular flexibility index (Phi) is 4.46. The minimum absolute atomic E-state index is 0.178. The van der Waals surface area contributed by atoms with Crippen LogP contribution in [0, 0.1) is 5.82 Å². The molecule has 0 aliphatic carbocycles. The molecule has 1 aromatic carbocycles. The topological polar surface area (TPSA) is 83.8 Å². The van der Waals surface area contributed by atoms with Gasteiger partial charge in [-0.1, -0.05) is 17.7 Å². The van der Waals surface area contributed by atoms with Crippen LogP contribution in [0.25, 0.3) is 20.8 Å². The number of aromatic nitrogens is 4. The number of nitrogens with zero attached hydrogens (tertiary/aromatic N) is 4. The fraction of sp³-hybridized carbons (Fsp3) is 0.0588. The van der Waals surface area contributed by atoms with Gasteiger partial charge in [0.25, 0.3) is 0 Å². The first kappa shape index (κ1) is 16.8. The smallest absolute Gasteiger partial charge is 0.151 e. The molecule has 3 heterocycles. The molecule has 0 bridgehead atoms. The van der Waals surface area contributed by atoms with Crippen molar-refractivity contribution in [2.24, 2.45) is 0 Å². The third-order valence-electron chi connectivity index (χ3n) is 3.59. The molecule has 0 aliphatic rings. The summed E-state index contributed by atoms with van der Waals surface area (Å²) in [6.07, 6.45) is 4.58. The third kappa shape index (κ3) is 3.10. The van der Waals surface area contributed by atoms with Gasteiger partial charge in [-0.3, -0.25) is 4.98 Å². The number of fused-ring (bicyclic) bond motifs is 1. The number of aliphatic hydroxyl groups is 1. The second-order valence-corrected chi connectivity index (χ2v) is 6.71. The monoisotopic (exact) mass is 387 g/mol. The second kappa shape index (κ2) is 6.91. The Hall–Kier alpha value is -2.68. The summed E-state index contributed by atoms with van der Waals surface area (Å²) in [6.45, 7) is -0.178. The second-order valence-electron chi connectivity index (χ2n) is 5.30. The molecule has 4 rings (SSSR count). The molecule has 4 aromatic rings. The van der Waals surface area contributed by atoms with E-state index in [1.165, 1.54) is 29.8 Å². The predicted molar refractivity (Wildman–Crippen MR) is 99.1 cm³/mol. The number of benzene rings is 1. The first-order valence-corrected chi connectivity index (χ1v) is 8.74. The highest BCUT2D eigenvalue weighted by molar-refractivity contribution is 7.22. The fourth-order valence-corrected chi connectivity index (χ4v) is 3.75. The van der Waals surface area contributed by atoms with Crippen LogP contribution in [0.15, 0.2) is 42.9 Å². The first-order valence-electron chi connectivity index (χ1n) is 7.54. The van der Waals surface area contributed by atoms with Crippen LogP contribution in [0.2, 0.25) is 5.02 Å². The average molecular weight is 388 g/mol. The van der Waals surface area contributed by atoms with E-state index in [1.807, 2.05) is 0 Å². The van der Waals surface area contributed by atoms with Crippen LogP contribution in [-0.4, -0.2) is 25.0 Å². The van der Waals surface area contributed by atoms with E-state index in [4.69, 9.17) is 16.7 Å². The molecule has 0 saturated heterocycles. The van der Waals surface area contributed by atoms with Crippen LogP contribution in [0.1, 0.15) is 5.69 Å². The van der Waals surface area contributed by atoms with Gasteiger partial charge in [-0.2, -0.15) is 0 Å². The zero-order valence-corrected chi connectivity index (χ0v) is 14.7. The summed E-state index contributed by atoms with van der Waals surface area (Å²) in [5.41, 5.74) is 1.41. The van der Waals surface area contributed by atoms with Crippen LogP contribution in [0.4, 0.5) is 16.0 Å². The summed E-state index contributed by atoms with van der Waals surface area (Å²) in [5, 5.41) is 12.9. The molecule has 0 amide bonds. The summed E-state index contributed by atoms with van der Waals surface area (Å²) >= 11 is 7.43. The van der Waals surface area contributed by atoms with E-state index in [0.717, 1.165) is 4.70 Å². The van der Waals surface area contributed by atoms with Crippen molar-refractivity contribution < 1.29 is 9.50 Å². The van der Waals surface area contributed by atoms with Crippen LogP contribution in [0.3, 0.4) is 0 Å². The predicted octanol–water partition coefficient (Wildman–Crippen LogP) is 4.18. The molecule has 130 valence electrons. The lowest BCUT2D eigenvalue weighted by Gasteiger charge is -2.05. The van der Waals surface area contributed by atoms with Gasteiger partial charge in [0.05, 0.1) is 45.5 Å². The molecule has 3 aromatic heterocycles. The van der Waals surface area contributed by atoms with Gasteiger partial charge in [0, 0.05) is 6.20 Å². The molecular formula is C17H11ClFN5OS. The van der Waals surface area contributed by atoms with Gasteiger partial charge < -0.3 is 10.4 Å². The molecule has 6 nitrogen and oxygen atoms in total. The summed E-state index contributed by atoms with van der Waals surface area (Å²) in [6, 6.07) is 6.28. The number of pyridine rings is 1. The zero-order chi connectivity index (χ0) is 18.1. The van der Waals surface area contributed by atoms with Crippen molar-refractivity contribution in [3.05, 3.63) is 59.4 Å². The SMILES string of the molecule is OCc1cnc(Nc2nccc3nc(-c4c(F)cccc4Cl)sc23)cn1. The minimum Gasteiger partial charge on any atom is -0.390 e. The molecule has 9 heteroatoms. The number of hydrogen-bond acceptors (Lipinski definition) is 7. The first-order chi connectivity index (χ1) is 12.7. The van der Waals surface area contributed by atoms with Gasteiger partial charge in [0.1, 0.15) is 16.6 Å². The van der Waals surface area contributed by atoms with E-state index >= 15 is 0 Å². The van der Waals surface area contributed by atoms with Gasteiger partial charge in [-0.15, -0.1) is 11.3 Å². The van der Waals surface area contributed by atoms with E-state index in [1.54, 1.807) is 24.4 Å². The van der Waals surface area contributed by atoms with Crippen molar-refractivity contribution in [2.75, 3.05) is 5.32 Å². The molecule has 0 spiro atoms. The molecule has 0 fully saturated rings. The number of rotatable bonds is 4. The van der Waals surface area contributed by atoms with Crippen molar-refractivity contribution >= 4 is 44.8 Å². The molecule has 0 unspecified atom stereocenters. The van der Waals surface area contributed by atoms with Crippen molar-refractivity contribution in [2.45, 2.75) is 6.61 Å². The van der Waals surface area contributed by atoms with Crippen LogP contribution in [-0.2, 0) is 6.61 Å². The quantitative estimate of drug-likeness (QED) is 0.546. The lowest BCUT2D eigenvalue weighted by atomic mass is 10.2. The molecule has 0 radical (unpaired) electrons. The highest BCUT2D eigenvalue weighted by atomic mass is 35.5. The number of thiazole rings is 1. The van der Waals surface area contributed by atoms with Crippen LogP contribution >= 0.6 is 22.9 Å². The number of anilines is 2. The Morgan fingerprint density at radius 1 is 1.15 bits per heavy atom. The maximum absolute atomic E-state index is 14.2. The van der Waals surface area contributed by atoms with E-state index in [-0.39, 0.29) is 12.2 Å². The van der Waals surface area contributed by atoms with E-state index in [9.17, 15) is 4.39 Å². The van der Waals surface area contributed by atoms with Gasteiger partial charge in [0.2, 0.25) is 0 Å². The normalized spacial score (nSPS) is 11.0. The molecule has 26 heavy (non-hydrogen) atoms. The number of aliphatic hydroxyl groups excluding tert-OH is 1. The fourth-order valence-electron chi connectivity index (χ4n) is 2.38. The van der Waals surface area contributed by atoms with E-state index in [0.29, 0.717) is 32.9 Å². The van der Waals surface area contributed by atoms with Crippen LogP contribution < -0.4 is 5.32 Å². The Bertz CT molecular complexity index is 1070. The lowest BCUT2D eigenvalue weighted by molar-refractivity contribution is 0.276. The third-order valence-corrected chi connectivity index (χ3v) is 5.01. The molecule has 0 atom stereocenters. The zero-order valence-electron chi connectivity index (χ0n) is 13.1. The largest absolute Gasteiger partial charge is 0.390 e. The van der Waals surface area contributed by atoms with Gasteiger partial charge in [0.15, 0.2) is 5.82 Å². The molecular weight excluding hydrogens is 377 g/mol. The summed E-state index contributed by atoms with van der Waals surface area (Å²) < 4.78 is 14.9. The van der Waals surface area contributed by atoms with E-state index in [2.05, 4.69) is 25.3 Å². The lowest BCUT2D eigenvalue weighted by Crippen LogP contribution is -1.98. The maximum atomic E-state index is 14.2. The highest BCUT2D eigenvalue weighted by Gasteiger charge is 2.16.